The number of hydrogen-bond donors (Lipinski definition) is 1. The van der Waals surface area contributed by atoms with Gasteiger partial charge in [0.15, 0.2) is 0 Å². The summed E-state index contributed by atoms with van der Waals surface area (Å²) in [7, 11) is 0. The Morgan fingerprint density at radius 2 is 1.96 bits per heavy atom. The molecule has 0 radical (unpaired) electrons. The highest BCUT2D eigenvalue weighted by atomic mass is 35.5. The first-order valence-corrected chi connectivity index (χ1v) is 8.05. The summed E-state index contributed by atoms with van der Waals surface area (Å²) in [6, 6.07) is 8.34. The van der Waals surface area contributed by atoms with E-state index in [0.29, 0.717) is 37.5 Å². The molecule has 0 atom stereocenters. The van der Waals surface area contributed by atoms with Crippen LogP contribution >= 0.6 is 34.8 Å². The first-order chi connectivity index (χ1) is 11.5. The van der Waals surface area contributed by atoms with Gasteiger partial charge < -0.3 is 9.72 Å². The summed E-state index contributed by atoms with van der Waals surface area (Å²) in [4.78, 5) is 19.5. The van der Waals surface area contributed by atoms with Crippen molar-refractivity contribution in [2.24, 2.45) is 0 Å². The molecular weight excluding hydrogens is 371 g/mol. The minimum atomic E-state index is -0.482. The van der Waals surface area contributed by atoms with Crippen molar-refractivity contribution in [3.63, 3.8) is 0 Å². The summed E-state index contributed by atoms with van der Waals surface area (Å²) in [6.45, 7) is 3.64. The van der Waals surface area contributed by atoms with E-state index in [9.17, 15) is 4.79 Å². The lowest BCUT2D eigenvalue weighted by Crippen LogP contribution is -2.04. The van der Waals surface area contributed by atoms with Gasteiger partial charge in [0.1, 0.15) is 17.9 Å². The fraction of sp³-hybridized carbons (Fsp3) is 0.0588. The molecule has 3 aromatic rings. The zero-order valence-corrected chi connectivity index (χ0v) is 14.5. The average molecular weight is 382 g/mol. The fourth-order valence-electron chi connectivity index (χ4n) is 2.19. The lowest BCUT2D eigenvalue weighted by Gasteiger charge is -2.02. The number of hydrogen-bond acceptors (Lipinski definition) is 3. The number of carbonyl (C=O) groups excluding carboxylic acids is 1. The van der Waals surface area contributed by atoms with E-state index in [2.05, 4.69) is 16.5 Å². The first kappa shape index (κ1) is 16.8. The molecule has 2 aromatic carbocycles. The Kier molecular flexibility index (Phi) is 4.81. The van der Waals surface area contributed by atoms with E-state index in [1.165, 1.54) is 12.1 Å². The summed E-state index contributed by atoms with van der Waals surface area (Å²) in [5.41, 5.74) is 2.26. The van der Waals surface area contributed by atoms with Crippen molar-refractivity contribution in [2.75, 3.05) is 6.61 Å². The smallest absolute Gasteiger partial charge is 0.338 e. The second-order valence-electron chi connectivity index (χ2n) is 4.96. The van der Waals surface area contributed by atoms with Gasteiger partial charge in [0.2, 0.25) is 0 Å². The third kappa shape index (κ3) is 3.26. The average Bonchev–Trinajstić information content (AvgIpc) is 2.99. The van der Waals surface area contributed by atoms with Crippen molar-refractivity contribution >= 4 is 51.8 Å². The zero-order chi connectivity index (χ0) is 17.3. The Morgan fingerprint density at radius 3 is 2.67 bits per heavy atom. The Balaban J connectivity index is 2.04. The van der Waals surface area contributed by atoms with Gasteiger partial charge in [-0.05, 0) is 30.3 Å². The quantitative estimate of drug-likeness (QED) is 0.477. The van der Waals surface area contributed by atoms with Gasteiger partial charge >= 0.3 is 5.97 Å². The van der Waals surface area contributed by atoms with Gasteiger partial charge in [-0.25, -0.2) is 9.78 Å². The number of ether oxygens (including phenoxy) is 1. The van der Waals surface area contributed by atoms with E-state index < -0.39 is 5.97 Å². The van der Waals surface area contributed by atoms with Crippen LogP contribution in [0.1, 0.15) is 10.4 Å². The van der Waals surface area contributed by atoms with E-state index >= 15 is 0 Å². The van der Waals surface area contributed by atoms with Crippen molar-refractivity contribution < 1.29 is 9.53 Å². The van der Waals surface area contributed by atoms with Crippen LogP contribution in [0.25, 0.3) is 22.4 Å². The van der Waals surface area contributed by atoms with Gasteiger partial charge in [0.25, 0.3) is 0 Å². The molecule has 1 N–H and O–H groups in total. The van der Waals surface area contributed by atoms with Crippen LogP contribution in [0, 0.1) is 0 Å². The molecule has 0 fully saturated rings. The third-order valence-corrected chi connectivity index (χ3v) is 4.33. The normalized spacial score (nSPS) is 10.8. The third-order valence-electron chi connectivity index (χ3n) is 3.30. The number of halogens is 3. The first-order valence-electron chi connectivity index (χ1n) is 6.92. The number of imidazole rings is 1. The molecule has 7 heteroatoms. The summed E-state index contributed by atoms with van der Waals surface area (Å²) < 4.78 is 5.02. The standard InChI is InChI=1S/C17H11Cl3N2O2/c1-2-5-24-17(23)10-7-13(20)15-14(8-10)21-16(22-15)9-3-4-11(18)12(19)6-9/h2-4,6-8H,1,5H2,(H,21,22). The molecule has 0 spiro atoms. The molecule has 1 heterocycles. The van der Waals surface area contributed by atoms with Crippen LogP contribution in [0.2, 0.25) is 15.1 Å². The van der Waals surface area contributed by atoms with Crippen LogP contribution < -0.4 is 0 Å². The monoisotopic (exact) mass is 380 g/mol. The van der Waals surface area contributed by atoms with Crippen LogP contribution in [0.3, 0.4) is 0 Å². The van der Waals surface area contributed by atoms with Gasteiger partial charge in [-0.15, -0.1) is 0 Å². The minimum Gasteiger partial charge on any atom is -0.458 e. The largest absolute Gasteiger partial charge is 0.458 e. The lowest BCUT2D eigenvalue weighted by molar-refractivity contribution is 0.0550. The number of rotatable bonds is 4. The molecule has 0 aliphatic heterocycles. The maximum Gasteiger partial charge on any atom is 0.338 e. The number of carbonyl (C=O) groups is 1. The van der Waals surface area contributed by atoms with E-state index in [4.69, 9.17) is 39.5 Å². The molecule has 24 heavy (non-hydrogen) atoms. The number of esters is 1. The highest BCUT2D eigenvalue weighted by Crippen LogP contribution is 2.30. The number of aromatic nitrogens is 2. The summed E-state index contributed by atoms with van der Waals surface area (Å²) in [6.07, 6.45) is 1.50. The van der Waals surface area contributed by atoms with E-state index in [1.54, 1.807) is 24.3 Å². The topological polar surface area (TPSA) is 55.0 Å². The van der Waals surface area contributed by atoms with Crippen LogP contribution in [0.15, 0.2) is 43.0 Å². The number of nitrogens with zero attached hydrogens (tertiary/aromatic N) is 1. The maximum atomic E-state index is 12.0. The van der Waals surface area contributed by atoms with E-state index in [0.717, 1.165) is 5.56 Å². The Labute approximate surface area is 153 Å². The molecule has 0 saturated heterocycles. The minimum absolute atomic E-state index is 0.131. The molecule has 0 saturated carbocycles. The Hall–Kier alpha value is -2.01. The second kappa shape index (κ2) is 6.85. The van der Waals surface area contributed by atoms with Crippen LogP contribution in [0.4, 0.5) is 0 Å². The summed E-state index contributed by atoms with van der Waals surface area (Å²) >= 11 is 18.2. The van der Waals surface area contributed by atoms with Gasteiger partial charge in [-0.1, -0.05) is 47.5 Å². The molecule has 0 amide bonds. The summed E-state index contributed by atoms with van der Waals surface area (Å²) in [5, 5.41) is 1.23. The van der Waals surface area contributed by atoms with Crippen molar-refractivity contribution in [3.05, 3.63) is 63.6 Å². The molecular formula is C17H11Cl3N2O2. The predicted molar refractivity (Wildman–Crippen MR) is 97.0 cm³/mol. The fourth-order valence-corrected chi connectivity index (χ4v) is 2.75. The zero-order valence-electron chi connectivity index (χ0n) is 12.3. The molecule has 0 aliphatic rings. The molecule has 0 bridgehead atoms. The SMILES string of the molecule is C=CCOC(=O)c1cc(Cl)c2nc(-c3ccc(Cl)c(Cl)c3)[nH]c2c1. The van der Waals surface area contributed by atoms with Crippen LogP contribution in [-0.2, 0) is 4.74 Å². The molecule has 3 rings (SSSR count). The lowest BCUT2D eigenvalue weighted by atomic mass is 10.2. The van der Waals surface area contributed by atoms with Gasteiger partial charge in [-0.2, -0.15) is 0 Å². The maximum absolute atomic E-state index is 12.0. The van der Waals surface area contributed by atoms with Crippen LogP contribution in [-0.4, -0.2) is 22.5 Å². The number of fused-ring (bicyclic) bond motifs is 1. The highest BCUT2D eigenvalue weighted by molar-refractivity contribution is 6.42. The number of aromatic amines is 1. The van der Waals surface area contributed by atoms with Crippen molar-refractivity contribution in [2.45, 2.75) is 0 Å². The molecule has 4 nitrogen and oxygen atoms in total. The van der Waals surface area contributed by atoms with Crippen molar-refractivity contribution in [1.29, 1.82) is 0 Å². The van der Waals surface area contributed by atoms with Gasteiger partial charge in [0.05, 0.1) is 26.1 Å². The molecule has 0 unspecified atom stereocenters. The van der Waals surface area contributed by atoms with Crippen molar-refractivity contribution in [1.82, 2.24) is 9.97 Å². The van der Waals surface area contributed by atoms with Crippen LogP contribution in [0.5, 0.6) is 0 Å². The van der Waals surface area contributed by atoms with E-state index in [1.807, 2.05) is 0 Å². The molecule has 0 aliphatic carbocycles. The van der Waals surface area contributed by atoms with Gasteiger partial charge in [0, 0.05) is 5.56 Å². The highest BCUT2D eigenvalue weighted by Gasteiger charge is 2.15. The number of nitrogens with one attached hydrogen (secondary N) is 1. The van der Waals surface area contributed by atoms with Crippen molar-refractivity contribution in [3.8, 4) is 11.4 Å². The summed E-state index contributed by atoms with van der Waals surface area (Å²) in [5.74, 6) is 0.0893. The Morgan fingerprint density at radius 1 is 1.17 bits per heavy atom. The number of H-pyrrole nitrogens is 1. The second-order valence-corrected chi connectivity index (χ2v) is 6.18. The van der Waals surface area contributed by atoms with E-state index in [-0.39, 0.29) is 6.61 Å². The number of benzene rings is 2. The van der Waals surface area contributed by atoms with Gasteiger partial charge in [-0.3, -0.25) is 0 Å². The Bertz CT molecular complexity index is 950. The molecule has 122 valence electrons. The predicted octanol–water partition coefficient (Wildman–Crippen LogP) is 5.53. The molecule has 1 aromatic heterocycles.